The van der Waals surface area contributed by atoms with Gasteiger partial charge in [0.05, 0.1) is 0 Å². The summed E-state index contributed by atoms with van der Waals surface area (Å²) < 4.78 is 5.70. The highest BCUT2D eigenvalue weighted by molar-refractivity contribution is 5.89. The molecule has 22 heavy (non-hydrogen) atoms. The fraction of sp³-hybridized carbons (Fsp3) is 0.278. The number of anilines is 1. The Balaban J connectivity index is 1.80. The third kappa shape index (κ3) is 5.48. The van der Waals surface area contributed by atoms with E-state index in [-0.39, 0.29) is 6.03 Å². The van der Waals surface area contributed by atoms with Gasteiger partial charge in [0.15, 0.2) is 0 Å². The Kier molecular flexibility index (Phi) is 6.30. The number of amides is 2. The monoisotopic (exact) mass is 298 g/mol. The number of hydrogen-bond donors (Lipinski definition) is 2. The number of nitrogens with one attached hydrogen (secondary N) is 2. The van der Waals surface area contributed by atoms with Crippen molar-refractivity contribution in [2.45, 2.75) is 26.2 Å². The molecule has 2 rings (SSSR count). The van der Waals surface area contributed by atoms with Gasteiger partial charge in [0, 0.05) is 12.2 Å². The van der Waals surface area contributed by atoms with Gasteiger partial charge in [0.2, 0.25) is 0 Å². The van der Waals surface area contributed by atoms with Crippen molar-refractivity contribution in [3.05, 3.63) is 54.6 Å². The molecule has 0 unspecified atom stereocenters. The zero-order valence-corrected chi connectivity index (χ0v) is 12.8. The Labute approximate surface area is 131 Å². The summed E-state index contributed by atoms with van der Waals surface area (Å²) >= 11 is 0. The zero-order chi connectivity index (χ0) is 15.6. The van der Waals surface area contributed by atoms with E-state index in [0.29, 0.717) is 6.54 Å². The van der Waals surface area contributed by atoms with Crippen LogP contribution in [0.4, 0.5) is 10.5 Å². The van der Waals surface area contributed by atoms with Crippen molar-refractivity contribution in [3.8, 4) is 11.5 Å². The molecule has 0 heterocycles. The number of urea groups is 1. The summed E-state index contributed by atoms with van der Waals surface area (Å²) in [5.41, 5.74) is 0.744. The van der Waals surface area contributed by atoms with E-state index in [4.69, 9.17) is 4.74 Å². The molecule has 0 fully saturated rings. The topological polar surface area (TPSA) is 50.4 Å². The van der Waals surface area contributed by atoms with Gasteiger partial charge in [-0.3, -0.25) is 0 Å². The predicted octanol–water partition coefficient (Wildman–Crippen LogP) is 4.79. The standard InChI is InChI=1S/C18H22N2O2/c1-2-3-7-14-19-18(21)20-15-10-12-17(13-11-15)22-16-8-5-4-6-9-16/h4-6,8-13H,2-3,7,14H2,1H3,(H2,19,20,21). The van der Waals surface area contributed by atoms with Crippen molar-refractivity contribution in [2.24, 2.45) is 0 Å². The lowest BCUT2D eigenvalue weighted by atomic mass is 10.2. The van der Waals surface area contributed by atoms with Crippen molar-refractivity contribution in [1.29, 1.82) is 0 Å². The van der Waals surface area contributed by atoms with Crippen LogP contribution in [-0.2, 0) is 0 Å². The van der Waals surface area contributed by atoms with Gasteiger partial charge in [0.25, 0.3) is 0 Å². The van der Waals surface area contributed by atoms with Crippen molar-refractivity contribution < 1.29 is 9.53 Å². The van der Waals surface area contributed by atoms with Gasteiger partial charge in [-0.05, 0) is 42.8 Å². The van der Waals surface area contributed by atoms with Gasteiger partial charge < -0.3 is 15.4 Å². The second-order valence-corrected chi connectivity index (χ2v) is 5.03. The molecule has 2 amide bonds. The third-order valence-corrected chi connectivity index (χ3v) is 3.16. The summed E-state index contributed by atoms with van der Waals surface area (Å²) in [5, 5.41) is 5.64. The minimum Gasteiger partial charge on any atom is -0.457 e. The largest absolute Gasteiger partial charge is 0.457 e. The first-order chi connectivity index (χ1) is 10.8. The summed E-state index contributed by atoms with van der Waals surface area (Å²) in [4.78, 5) is 11.7. The van der Waals surface area contributed by atoms with Crippen LogP contribution in [0.1, 0.15) is 26.2 Å². The molecule has 2 aromatic rings. The van der Waals surface area contributed by atoms with E-state index in [1.165, 1.54) is 0 Å². The number of ether oxygens (including phenoxy) is 1. The van der Waals surface area contributed by atoms with E-state index in [9.17, 15) is 4.79 Å². The van der Waals surface area contributed by atoms with Gasteiger partial charge in [-0.2, -0.15) is 0 Å². The van der Waals surface area contributed by atoms with E-state index in [0.717, 1.165) is 36.4 Å². The van der Waals surface area contributed by atoms with Crippen LogP contribution in [0.25, 0.3) is 0 Å². The molecule has 0 saturated heterocycles. The van der Waals surface area contributed by atoms with Crippen molar-refractivity contribution >= 4 is 11.7 Å². The highest BCUT2D eigenvalue weighted by atomic mass is 16.5. The first kappa shape index (κ1) is 15.9. The molecule has 0 aliphatic rings. The van der Waals surface area contributed by atoms with Crippen LogP contribution in [0.15, 0.2) is 54.6 Å². The fourth-order valence-corrected chi connectivity index (χ4v) is 1.98. The molecule has 0 aromatic heterocycles. The average Bonchev–Trinajstić information content (AvgIpc) is 2.54. The summed E-state index contributed by atoms with van der Waals surface area (Å²) in [7, 11) is 0. The summed E-state index contributed by atoms with van der Waals surface area (Å²) in [6.07, 6.45) is 3.28. The van der Waals surface area contributed by atoms with E-state index in [2.05, 4.69) is 17.6 Å². The molecule has 4 heteroatoms. The quantitative estimate of drug-likeness (QED) is 0.722. The first-order valence-corrected chi connectivity index (χ1v) is 7.66. The normalized spacial score (nSPS) is 10.0. The number of carbonyl (C=O) groups excluding carboxylic acids is 1. The van der Waals surface area contributed by atoms with Crippen molar-refractivity contribution in [2.75, 3.05) is 11.9 Å². The highest BCUT2D eigenvalue weighted by Gasteiger charge is 2.02. The fourth-order valence-electron chi connectivity index (χ4n) is 1.98. The molecule has 0 saturated carbocycles. The molecular weight excluding hydrogens is 276 g/mol. The first-order valence-electron chi connectivity index (χ1n) is 7.66. The van der Waals surface area contributed by atoms with Gasteiger partial charge in [-0.25, -0.2) is 4.79 Å². The van der Waals surface area contributed by atoms with Crippen molar-refractivity contribution in [3.63, 3.8) is 0 Å². The number of unbranched alkanes of at least 4 members (excludes halogenated alkanes) is 2. The molecule has 4 nitrogen and oxygen atoms in total. The molecule has 2 N–H and O–H groups in total. The number of carbonyl (C=O) groups is 1. The van der Waals surface area contributed by atoms with Crippen LogP contribution < -0.4 is 15.4 Å². The highest BCUT2D eigenvalue weighted by Crippen LogP contribution is 2.22. The van der Waals surface area contributed by atoms with Gasteiger partial charge >= 0.3 is 6.03 Å². The maximum atomic E-state index is 11.7. The lowest BCUT2D eigenvalue weighted by molar-refractivity contribution is 0.252. The Morgan fingerprint density at radius 1 is 0.955 bits per heavy atom. The van der Waals surface area contributed by atoms with Crippen LogP contribution in [0.2, 0.25) is 0 Å². The smallest absolute Gasteiger partial charge is 0.319 e. The zero-order valence-electron chi connectivity index (χ0n) is 12.8. The maximum absolute atomic E-state index is 11.7. The molecule has 2 aromatic carbocycles. The Bertz CT molecular complexity index is 567. The Morgan fingerprint density at radius 3 is 2.32 bits per heavy atom. The maximum Gasteiger partial charge on any atom is 0.319 e. The molecule has 0 aliphatic heterocycles. The van der Waals surface area contributed by atoms with E-state index >= 15 is 0 Å². The SMILES string of the molecule is CCCCCNC(=O)Nc1ccc(Oc2ccccc2)cc1. The van der Waals surface area contributed by atoms with Gasteiger partial charge in [-0.1, -0.05) is 38.0 Å². The Morgan fingerprint density at radius 2 is 1.64 bits per heavy atom. The third-order valence-electron chi connectivity index (χ3n) is 3.16. The lowest BCUT2D eigenvalue weighted by Gasteiger charge is -2.09. The van der Waals surface area contributed by atoms with Crippen molar-refractivity contribution in [1.82, 2.24) is 5.32 Å². The van der Waals surface area contributed by atoms with E-state index < -0.39 is 0 Å². The predicted molar refractivity (Wildman–Crippen MR) is 89.5 cm³/mol. The van der Waals surface area contributed by atoms with Crippen LogP contribution in [0.5, 0.6) is 11.5 Å². The van der Waals surface area contributed by atoms with Gasteiger partial charge in [0.1, 0.15) is 11.5 Å². The average molecular weight is 298 g/mol. The van der Waals surface area contributed by atoms with E-state index in [1.807, 2.05) is 54.6 Å². The molecule has 0 bridgehead atoms. The molecule has 0 aliphatic carbocycles. The second-order valence-electron chi connectivity index (χ2n) is 5.03. The minimum absolute atomic E-state index is 0.173. The number of para-hydroxylation sites is 1. The molecular formula is C18H22N2O2. The summed E-state index contributed by atoms with van der Waals surface area (Å²) in [6, 6.07) is 16.7. The number of benzene rings is 2. The minimum atomic E-state index is -0.173. The molecule has 0 spiro atoms. The lowest BCUT2D eigenvalue weighted by Crippen LogP contribution is -2.29. The van der Waals surface area contributed by atoms with Crippen LogP contribution in [-0.4, -0.2) is 12.6 Å². The number of rotatable bonds is 7. The van der Waals surface area contributed by atoms with Gasteiger partial charge in [-0.15, -0.1) is 0 Å². The molecule has 0 atom stereocenters. The van der Waals surface area contributed by atoms with Crippen LogP contribution >= 0.6 is 0 Å². The summed E-state index contributed by atoms with van der Waals surface area (Å²) in [6.45, 7) is 2.84. The summed E-state index contributed by atoms with van der Waals surface area (Å²) in [5.74, 6) is 1.52. The van der Waals surface area contributed by atoms with Crippen LogP contribution in [0.3, 0.4) is 0 Å². The second kappa shape index (κ2) is 8.72. The number of hydrogen-bond acceptors (Lipinski definition) is 2. The molecule has 0 radical (unpaired) electrons. The van der Waals surface area contributed by atoms with Crippen LogP contribution in [0, 0.1) is 0 Å². The Hall–Kier alpha value is -2.49. The molecule has 116 valence electrons. The van der Waals surface area contributed by atoms with E-state index in [1.54, 1.807) is 0 Å².